The minimum Gasteiger partial charge on any atom is -0.469 e. The highest BCUT2D eigenvalue weighted by molar-refractivity contribution is 7.99. The minimum absolute atomic E-state index is 0.166. The SMILES string of the molecule is CNC(CCO)CSCCC(=O)OC. The van der Waals surface area contributed by atoms with Crippen LogP contribution in [-0.2, 0) is 9.53 Å². The van der Waals surface area contributed by atoms with Gasteiger partial charge in [-0.1, -0.05) is 0 Å². The normalized spacial score (nSPS) is 12.5. The molecule has 0 spiro atoms. The summed E-state index contributed by atoms with van der Waals surface area (Å²) < 4.78 is 4.52. The number of nitrogens with one attached hydrogen (secondary N) is 1. The lowest BCUT2D eigenvalue weighted by Crippen LogP contribution is -2.28. The maximum absolute atomic E-state index is 10.8. The Hall–Kier alpha value is -0.260. The third-order valence-corrected chi connectivity index (χ3v) is 3.01. The predicted octanol–water partition coefficient (Wildman–Crippen LogP) is 0.253. The van der Waals surface area contributed by atoms with Gasteiger partial charge >= 0.3 is 5.97 Å². The fourth-order valence-electron chi connectivity index (χ4n) is 0.950. The highest BCUT2D eigenvalue weighted by Gasteiger charge is 2.06. The van der Waals surface area contributed by atoms with Gasteiger partial charge < -0.3 is 15.2 Å². The Morgan fingerprint density at radius 1 is 1.64 bits per heavy atom. The van der Waals surface area contributed by atoms with Crippen molar-refractivity contribution in [1.82, 2.24) is 5.32 Å². The van der Waals surface area contributed by atoms with Crippen LogP contribution in [0.1, 0.15) is 12.8 Å². The third kappa shape index (κ3) is 7.17. The van der Waals surface area contributed by atoms with Crippen LogP contribution in [-0.4, -0.2) is 49.4 Å². The number of aliphatic hydroxyl groups is 1. The van der Waals surface area contributed by atoms with Gasteiger partial charge in [0.25, 0.3) is 0 Å². The Kier molecular flexibility index (Phi) is 9.13. The molecule has 0 aliphatic carbocycles. The first-order valence-electron chi connectivity index (χ1n) is 4.67. The van der Waals surface area contributed by atoms with Gasteiger partial charge in [0.15, 0.2) is 0 Å². The van der Waals surface area contributed by atoms with Gasteiger partial charge in [-0.3, -0.25) is 4.79 Å². The van der Waals surface area contributed by atoms with Crippen LogP contribution in [0.4, 0.5) is 0 Å². The van der Waals surface area contributed by atoms with E-state index in [1.54, 1.807) is 11.8 Å². The molecule has 84 valence electrons. The molecule has 0 aliphatic heterocycles. The van der Waals surface area contributed by atoms with E-state index in [0.29, 0.717) is 12.5 Å². The number of hydrogen-bond donors (Lipinski definition) is 2. The van der Waals surface area contributed by atoms with E-state index >= 15 is 0 Å². The van der Waals surface area contributed by atoms with Gasteiger partial charge in [0.2, 0.25) is 0 Å². The number of esters is 1. The Balaban J connectivity index is 3.37. The van der Waals surface area contributed by atoms with Gasteiger partial charge in [0.05, 0.1) is 13.5 Å². The Bertz CT molecular complexity index is 155. The predicted molar refractivity (Wildman–Crippen MR) is 58.5 cm³/mol. The van der Waals surface area contributed by atoms with Gasteiger partial charge in [0.1, 0.15) is 0 Å². The van der Waals surface area contributed by atoms with E-state index in [4.69, 9.17) is 5.11 Å². The van der Waals surface area contributed by atoms with Crippen molar-refractivity contribution in [2.75, 3.05) is 32.3 Å². The number of thioether (sulfide) groups is 1. The minimum atomic E-state index is -0.166. The molecule has 0 aromatic carbocycles. The van der Waals surface area contributed by atoms with Gasteiger partial charge in [-0.15, -0.1) is 0 Å². The monoisotopic (exact) mass is 221 g/mol. The molecular weight excluding hydrogens is 202 g/mol. The summed E-state index contributed by atoms with van der Waals surface area (Å²) in [5.41, 5.74) is 0. The number of carbonyl (C=O) groups is 1. The molecule has 0 saturated carbocycles. The Labute approximate surface area is 89.4 Å². The molecule has 0 bridgehead atoms. The Morgan fingerprint density at radius 3 is 2.86 bits per heavy atom. The van der Waals surface area contributed by atoms with E-state index in [1.165, 1.54) is 7.11 Å². The summed E-state index contributed by atoms with van der Waals surface area (Å²) >= 11 is 1.70. The molecular formula is C9H19NO3S. The van der Waals surface area contributed by atoms with Crippen LogP contribution < -0.4 is 5.32 Å². The van der Waals surface area contributed by atoms with E-state index in [1.807, 2.05) is 7.05 Å². The maximum Gasteiger partial charge on any atom is 0.306 e. The van der Waals surface area contributed by atoms with Crippen LogP contribution in [0.5, 0.6) is 0 Å². The van der Waals surface area contributed by atoms with E-state index in [2.05, 4.69) is 10.1 Å². The maximum atomic E-state index is 10.8. The van der Waals surface area contributed by atoms with Crippen molar-refractivity contribution in [3.05, 3.63) is 0 Å². The van der Waals surface area contributed by atoms with Crippen LogP contribution in [0.2, 0.25) is 0 Å². The molecule has 0 heterocycles. The van der Waals surface area contributed by atoms with Gasteiger partial charge in [-0.2, -0.15) is 11.8 Å². The number of hydrogen-bond acceptors (Lipinski definition) is 5. The van der Waals surface area contributed by atoms with E-state index in [-0.39, 0.29) is 12.6 Å². The highest BCUT2D eigenvalue weighted by atomic mass is 32.2. The van der Waals surface area contributed by atoms with Crippen LogP contribution in [0.25, 0.3) is 0 Å². The molecule has 2 N–H and O–H groups in total. The summed E-state index contributed by atoms with van der Waals surface area (Å²) in [5.74, 6) is 1.52. The molecule has 0 aromatic heterocycles. The summed E-state index contributed by atoms with van der Waals surface area (Å²) in [6.45, 7) is 0.197. The quantitative estimate of drug-likeness (QED) is 0.454. The first-order valence-corrected chi connectivity index (χ1v) is 5.82. The van der Waals surface area contributed by atoms with Crippen LogP contribution in [0.3, 0.4) is 0 Å². The second-order valence-electron chi connectivity index (χ2n) is 2.90. The van der Waals surface area contributed by atoms with Crippen molar-refractivity contribution in [3.8, 4) is 0 Å². The van der Waals surface area contributed by atoms with Gasteiger partial charge in [-0.05, 0) is 13.5 Å². The van der Waals surface area contributed by atoms with Crippen molar-refractivity contribution >= 4 is 17.7 Å². The molecule has 0 radical (unpaired) electrons. The summed E-state index contributed by atoms with van der Waals surface area (Å²) in [6.07, 6.45) is 1.21. The average molecular weight is 221 g/mol. The molecule has 14 heavy (non-hydrogen) atoms. The molecule has 0 saturated heterocycles. The number of methoxy groups -OCH3 is 1. The smallest absolute Gasteiger partial charge is 0.306 e. The summed E-state index contributed by atoms with van der Waals surface area (Å²) in [6, 6.07) is 0.322. The van der Waals surface area contributed by atoms with Crippen molar-refractivity contribution < 1.29 is 14.6 Å². The molecule has 0 aliphatic rings. The number of rotatable bonds is 8. The summed E-state index contributed by atoms with van der Waals surface area (Å²) in [4.78, 5) is 10.8. The molecule has 0 aromatic rings. The van der Waals surface area contributed by atoms with Crippen LogP contribution >= 0.6 is 11.8 Å². The van der Waals surface area contributed by atoms with Crippen molar-refractivity contribution in [1.29, 1.82) is 0 Å². The fraction of sp³-hybridized carbons (Fsp3) is 0.889. The number of carbonyl (C=O) groups excluding carboxylic acids is 1. The van der Waals surface area contributed by atoms with Crippen molar-refractivity contribution in [2.24, 2.45) is 0 Å². The lowest BCUT2D eigenvalue weighted by molar-refractivity contribution is -0.140. The number of ether oxygens (including phenoxy) is 1. The molecule has 1 unspecified atom stereocenters. The van der Waals surface area contributed by atoms with E-state index in [9.17, 15) is 4.79 Å². The zero-order valence-electron chi connectivity index (χ0n) is 8.78. The van der Waals surface area contributed by atoms with Crippen molar-refractivity contribution in [2.45, 2.75) is 18.9 Å². The lowest BCUT2D eigenvalue weighted by Gasteiger charge is -2.13. The number of aliphatic hydroxyl groups excluding tert-OH is 1. The molecule has 0 amide bonds. The largest absolute Gasteiger partial charge is 0.469 e. The topological polar surface area (TPSA) is 58.6 Å². The highest BCUT2D eigenvalue weighted by Crippen LogP contribution is 2.07. The first-order chi connectivity index (χ1) is 6.74. The van der Waals surface area contributed by atoms with Crippen molar-refractivity contribution in [3.63, 3.8) is 0 Å². The molecule has 1 atom stereocenters. The van der Waals surface area contributed by atoms with E-state index < -0.39 is 0 Å². The Morgan fingerprint density at radius 2 is 2.36 bits per heavy atom. The third-order valence-electron chi connectivity index (χ3n) is 1.88. The standard InChI is InChI=1S/C9H19NO3S/c1-10-8(3-5-11)7-14-6-4-9(12)13-2/h8,10-11H,3-7H2,1-2H3. The molecule has 0 fully saturated rings. The average Bonchev–Trinajstić information content (AvgIpc) is 2.22. The zero-order chi connectivity index (χ0) is 10.8. The molecule has 5 heteroatoms. The van der Waals surface area contributed by atoms with Gasteiger partial charge in [0, 0.05) is 24.2 Å². The summed E-state index contributed by atoms with van der Waals surface area (Å²) in [5, 5.41) is 11.8. The lowest BCUT2D eigenvalue weighted by atomic mass is 10.2. The summed E-state index contributed by atoms with van der Waals surface area (Å²) in [7, 11) is 3.27. The zero-order valence-corrected chi connectivity index (χ0v) is 9.60. The van der Waals surface area contributed by atoms with Gasteiger partial charge in [-0.25, -0.2) is 0 Å². The van der Waals surface area contributed by atoms with Crippen LogP contribution in [0, 0.1) is 0 Å². The fourth-order valence-corrected chi connectivity index (χ4v) is 2.05. The van der Waals surface area contributed by atoms with Crippen LogP contribution in [0.15, 0.2) is 0 Å². The second-order valence-corrected chi connectivity index (χ2v) is 4.05. The first kappa shape index (κ1) is 13.7. The second kappa shape index (κ2) is 9.30. The molecule has 0 rings (SSSR count). The van der Waals surface area contributed by atoms with E-state index in [0.717, 1.165) is 17.9 Å². The molecule has 4 nitrogen and oxygen atoms in total.